The highest BCUT2D eigenvalue weighted by atomic mass is 19.4. The second-order valence-electron chi connectivity index (χ2n) is 4.72. The second-order valence-corrected chi connectivity index (χ2v) is 4.72. The predicted molar refractivity (Wildman–Crippen MR) is 83.9 cm³/mol. The van der Waals surface area contributed by atoms with E-state index < -0.39 is 12.1 Å². The molecule has 0 atom stereocenters. The summed E-state index contributed by atoms with van der Waals surface area (Å²) >= 11 is 0. The van der Waals surface area contributed by atoms with Gasteiger partial charge in [0.05, 0.1) is 5.69 Å². The molecule has 8 heteroatoms. The molecule has 0 amide bonds. The van der Waals surface area contributed by atoms with Crippen molar-refractivity contribution in [1.29, 1.82) is 0 Å². The Hall–Kier alpha value is -3.03. The Bertz CT molecular complexity index is 793. The highest BCUT2D eigenvalue weighted by molar-refractivity contribution is 5.73. The van der Waals surface area contributed by atoms with E-state index >= 15 is 0 Å². The molecule has 24 heavy (non-hydrogen) atoms. The van der Waals surface area contributed by atoms with E-state index in [9.17, 15) is 13.2 Å². The summed E-state index contributed by atoms with van der Waals surface area (Å²) in [5, 5.41) is 10.2. The lowest BCUT2D eigenvalue weighted by Gasteiger charge is -2.00. The zero-order valence-electron chi connectivity index (χ0n) is 12.6. The topological polar surface area (TPSA) is 66.6 Å². The van der Waals surface area contributed by atoms with Crippen molar-refractivity contribution in [3.8, 4) is 11.3 Å². The van der Waals surface area contributed by atoms with Gasteiger partial charge < -0.3 is 14.8 Å². The number of alkyl halides is 3. The molecule has 0 saturated heterocycles. The number of hydrogen-bond donors (Lipinski definition) is 2. The molecule has 5 nitrogen and oxygen atoms in total. The van der Waals surface area contributed by atoms with Gasteiger partial charge in [0.15, 0.2) is 0 Å². The maximum Gasteiger partial charge on any atom is 0.490 e. The van der Waals surface area contributed by atoms with Crippen molar-refractivity contribution in [3.63, 3.8) is 0 Å². The van der Waals surface area contributed by atoms with Crippen LogP contribution in [0.4, 0.5) is 18.9 Å². The summed E-state index contributed by atoms with van der Waals surface area (Å²) in [7, 11) is 1.92. The van der Waals surface area contributed by atoms with E-state index in [1.165, 1.54) is 0 Å². The number of imidazole rings is 1. The van der Waals surface area contributed by atoms with Crippen LogP contribution in [0.3, 0.4) is 0 Å². The minimum Gasteiger partial charge on any atom is -0.475 e. The third-order valence-electron chi connectivity index (χ3n) is 3.08. The van der Waals surface area contributed by atoms with Crippen molar-refractivity contribution in [2.75, 3.05) is 12.4 Å². The summed E-state index contributed by atoms with van der Waals surface area (Å²) in [5.74, 6) is -2.76. The quantitative estimate of drug-likeness (QED) is 0.749. The predicted octanol–water partition coefficient (Wildman–Crippen LogP) is 3.68. The van der Waals surface area contributed by atoms with Crippen LogP contribution in [0, 0.1) is 0 Å². The number of pyridine rings is 1. The van der Waals surface area contributed by atoms with Crippen LogP contribution in [0.1, 0.15) is 0 Å². The average molecular weight is 337 g/mol. The zero-order chi connectivity index (χ0) is 17.7. The van der Waals surface area contributed by atoms with Gasteiger partial charge in [0.1, 0.15) is 5.65 Å². The van der Waals surface area contributed by atoms with Gasteiger partial charge in [-0.3, -0.25) is 0 Å². The Labute approximate surface area is 135 Å². The minimum atomic E-state index is -5.08. The van der Waals surface area contributed by atoms with Crippen LogP contribution < -0.4 is 5.32 Å². The smallest absolute Gasteiger partial charge is 0.475 e. The fourth-order valence-corrected chi connectivity index (χ4v) is 1.88. The van der Waals surface area contributed by atoms with E-state index in [-0.39, 0.29) is 0 Å². The first kappa shape index (κ1) is 17.3. The molecule has 2 heterocycles. The van der Waals surface area contributed by atoms with E-state index in [0.29, 0.717) is 0 Å². The lowest BCUT2D eigenvalue weighted by atomic mass is 10.1. The monoisotopic (exact) mass is 337 g/mol. The van der Waals surface area contributed by atoms with Crippen LogP contribution in [-0.4, -0.2) is 33.7 Å². The number of nitrogens with zero attached hydrogens (tertiary/aromatic N) is 2. The number of aliphatic carboxylic acids is 1. The molecule has 0 unspecified atom stereocenters. The Morgan fingerprint density at radius 2 is 1.79 bits per heavy atom. The van der Waals surface area contributed by atoms with Crippen LogP contribution in [0.25, 0.3) is 16.9 Å². The van der Waals surface area contributed by atoms with Gasteiger partial charge >= 0.3 is 12.1 Å². The van der Waals surface area contributed by atoms with Gasteiger partial charge in [-0.15, -0.1) is 0 Å². The Morgan fingerprint density at radius 3 is 2.29 bits per heavy atom. The minimum absolute atomic E-state index is 0.972. The fourth-order valence-electron chi connectivity index (χ4n) is 1.88. The largest absolute Gasteiger partial charge is 0.490 e. The lowest BCUT2D eigenvalue weighted by Crippen LogP contribution is -2.21. The summed E-state index contributed by atoms with van der Waals surface area (Å²) in [6.07, 6.45) is -1.03. The van der Waals surface area contributed by atoms with E-state index in [4.69, 9.17) is 9.90 Å². The first-order valence-corrected chi connectivity index (χ1v) is 6.83. The first-order valence-electron chi connectivity index (χ1n) is 6.83. The number of carbonyl (C=O) groups is 1. The normalized spacial score (nSPS) is 10.8. The molecular weight excluding hydrogens is 323 g/mol. The van der Waals surface area contributed by atoms with Crippen molar-refractivity contribution >= 4 is 17.3 Å². The van der Waals surface area contributed by atoms with Crippen LogP contribution in [0.2, 0.25) is 0 Å². The van der Waals surface area contributed by atoms with Crippen molar-refractivity contribution in [2.24, 2.45) is 0 Å². The molecule has 0 aliphatic heterocycles. The molecule has 0 aliphatic carbocycles. The standard InChI is InChI=1S/C14H13N3.C2HF3O2/c1-15-12-7-5-11(6-8-12)13-10-17-9-3-2-4-14(17)16-13;3-2(4,5)1(6)7/h2-10,15H,1H3;(H,6,7). The van der Waals surface area contributed by atoms with E-state index in [1.54, 1.807) is 0 Å². The van der Waals surface area contributed by atoms with Crippen LogP contribution in [-0.2, 0) is 4.79 Å². The molecule has 1 aromatic carbocycles. The molecule has 3 rings (SSSR count). The number of anilines is 1. The number of fused-ring (bicyclic) bond motifs is 1. The fraction of sp³-hybridized carbons (Fsp3) is 0.125. The molecular formula is C16H14F3N3O2. The molecule has 0 fully saturated rings. The molecule has 2 N–H and O–H groups in total. The SMILES string of the molecule is CNc1ccc(-c2cn3ccccc3n2)cc1.O=C(O)C(F)(F)F. The number of rotatable bonds is 2. The summed E-state index contributed by atoms with van der Waals surface area (Å²) in [6, 6.07) is 14.3. The highest BCUT2D eigenvalue weighted by Gasteiger charge is 2.38. The molecule has 0 bridgehead atoms. The molecule has 0 radical (unpaired) electrons. The molecule has 0 spiro atoms. The molecule has 0 aliphatic rings. The summed E-state index contributed by atoms with van der Waals surface area (Å²) in [5.41, 5.74) is 4.21. The molecule has 126 valence electrons. The van der Waals surface area contributed by atoms with E-state index in [2.05, 4.69) is 34.6 Å². The Morgan fingerprint density at radius 1 is 1.17 bits per heavy atom. The number of aromatic nitrogens is 2. The van der Waals surface area contributed by atoms with Gasteiger partial charge in [0.25, 0.3) is 0 Å². The highest BCUT2D eigenvalue weighted by Crippen LogP contribution is 2.20. The Balaban J connectivity index is 0.000000256. The average Bonchev–Trinajstić information content (AvgIpc) is 2.98. The van der Waals surface area contributed by atoms with Gasteiger partial charge in [-0.1, -0.05) is 18.2 Å². The van der Waals surface area contributed by atoms with Crippen LogP contribution in [0.15, 0.2) is 54.9 Å². The van der Waals surface area contributed by atoms with E-state index in [1.807, 2.05) is 42.0 Å². The first-order chi connectivity index (χ1) is 11.3. The summed E-state index contributed by atoms with van der Waals surface area (Å²) in [4.78, 5) is 13.5. The van der Waals surface area contributed by atoms with Crippen LogP contribution in [0.5, 0.6) is 0 Å². The van der Waals surface area contributed by atoms with Gasteiger partial charge in [-0.05, 0) is 24.3 Å². The van der Waals surface area contributed by atoms with Gasteiger partial charge in [0.2, 0.25) is 0 Å². The molecule has 2 aromatic heterocycles. The van der Waals surface area contributed by atoms with Crippen molar-refractivity contribution in [2.45, 2.75) is 6.18 Å². The zero-order valence-corrected chi connectivity index (χ0v) is 12.6. The van der Waals surface area contributed by atoms with E-state index in [0.717, 1.165) is 22.6 Å². The summed E-state index contributed by atoms with van der Waals surface area (Å²) < 4.78 is 33.8. The maximum absolute atomic E-state index is 10.6. The second kappa shape index (κ2) is 7.03. The van der Waals surface area contributed by atoms with Gasteiger partial charge in [0, 0.05) is 30.7 Å². The van der Waals surface area contributed by atoms with Crippen molar-refractivity contribution in [1.82, 2.24) is 9.38 Å². The maximum atomic E-state index is 10.6. The molecule has 3 aromatic rings. The van der Waals surface area contributed by atoms with Gasteiger partial charge in [-0.25, -0.2) is 9.78 Å². The van der Waals surface area contributed by atoms with Crippen molar-refractivity contribution < 1.29 is 23.1 Å². The Kier molecular flexibility index (Phi) is 5.08. The number of nitrogens with one attached hydrogen (secondary N) is 1. The number of halogens is 3. The number of carboxylic acid groups (broad SMARTS) is 1. The number of hydrogen-bond acceptors (Lipinski definition) is 3. The molecule has 0 saturated carbocycles. The summed E-state index contributed by atoms with van der Waals surface area (Å²) in [6.45, 7) is 0. The van der Waals surface area contributed by atoms with Gasteiger partial charge in [-0.2, -0.15) is 13.2 Å². The third kappa shape index (κ3) is 4.25. The van der Waals surface area contributed by atoms with Crippen molar-refractivity contribution in [3.05, 3.63) is 54.9 Å². The third-order valence-corrected chi connectivity index (χ3v) is 3.08. The number of benzene rings is 1. The lowest BCUT2D eigenvalue weighted by molar-refractivity contribution is -0.192. The van der Waals surface area contributed by atoms with Crippen LogP contribution >= 0.6 is 0 Å². The number of carboxylic acids is 1.